The predicted molar refractivity (Wildman–Crippen MR) is 133 cm³/mol. The average molecular weight is 545 g/mol. The lowest BCUT2D eigenvalue weighted by Gasteiger charge is -2.22. The van der Waals surface area contributed by atoms with Crippen LogP contribution in [0.5, 0.6) is 0 Å². The lowest BCUT2D eigenvalue weighted by atomic mass is 10.2. The molecule has 1 aliphatic heterocycles. The van der Waals surface area contributed by atoms with Crippen molar-refractivity contribution in [1.29, 1.82) is 0 Å². The van der Waals surface area contributed by atoms with Gasteiger partial charge in [-0.1, -0.05) is 0 Å². The Morgan fingerprint density at radius 2 is 0.757 bits per heavy atom. The van der Waals surface area contributed by atoms with Crippen molar-refractivity contribution >= 4 is 0 Å². The molecule has 0 aliphatic carbocycles. The van der Waals surface area contributed by atoms with Gasteiger partial charge < -0.3 is 52.1 Å². The van der Waals surface area contributed by atoms with Crippen LogP contribution >= 0.6 is 0 Å². The van der Waals surface area contributed by atoms with E-state index in [1.165, 1.54) is 0 Å². The van der Waals surface area contributed by atoms with Crippen molar-refractivity contribution in [3.63, 3.8) is 0 Å². The maximum Gasteiger partial charge on any atom is 0.157 e. The standard InChI is InChI=1S/C25H49FO11/c26-4-6-27-7-8-28-9-10-29-11-12-30-13-14-31-15-16-32-17-18-33-19-20-34-21-22-35-23-24-37-25-3-1-2-5-36-25/h25H,1-24H2. The fraction of sp³-hybridized carbons (Fsp3) is 1.00. The van der Waals surface area contributed by atoms with E-state index in [2.05, 4.69) is 0 Å². The van der Waals surface area contributed by atoms with E-state index in [1.54, 1.807) is 0 Å². The van der Waals surface area contributed by atoms with Crippen molar-refractivity contribution in [3.8, 4) is 0 Å². The quantitative estimate of drug-likeness (QED) is 0.123. The van der Waals surface area contributed by atoms with Crippen molar-refractivity contribution in [1.82, 2.24) is 0 Å². The van der Waals surface area contributed by atoms with Gasteiger partial charge in [0.25, 0.3) is 0 Å². The topological polar surface area (TPSA) is 102 Å². The van der Waals surface area contributed by atoms with Gasteiger partial charge in [-0.05, 0) is 19.3 Å². The Hall–Kier alpha value is -0.510. The molecule has 0 radical (unpaired) electrons. The molecule has 12 heteroatoms. The predicted octanol–water partition coefficient (Wildman–Crippen LogP) is 1.65. The van der Waals surface area contributed by atoms with Crippen LogP contribution < -0.4 is 0 Å². The molecular formula is C25H49FO11. The molecule has 1 heterocycles. The van der Waals surface area contributed by atoms with E-state index in [4.69, 9.17) is 52.1 Å². The van der Waals surface area contributed by atoms with Crippen LogP contribution in [0.4, 0.5) is 4.39 Å². The van der Waals surface area contributed by atoms with Gasteiger partial charge in [-0.3, -0.25) is 0 Å². The van der Waals surface area contributed by atoms with Gasteiger partial charge in [-0.25, -0.2) is 4.39 Å². The molecule has 222 valence electrons. The largest absolute Gasteiger partial charge is 0.377 e. The van der Waals surface area contributed by atoms with E-state index in [1.807, 2.05) is 0 Å². The third-order valence-electron chi connectivity index (χ3n) is 4.87. The maximum absolute atomic E-state index is 11.8. The second-order valence-electron chi connectivity index (χ2n) is 7.87. The van der Waals surface area contributed by atoms with Crippen LogP contribution in [0.25, 0.3) is 0 Å². The number of rotatable bonds is 30. The lowest BCUT2D eigenvalue weighted by molar-refractivity contribution is -0.169. The van der Waals surface area contributed by atoms with Gasteiger partial charge in [0.2, 0.25) is 0 Å². The Labute approximate surface area is 221 Å². The van der Waals surface area contributed by atoms with Crippen LogP contribution in [0.3, 0.4) is 0 Å². The fourth-order valence-corrected chi connectivity index (χ4v) is 3.00. The first-order chi connectivity index (χ1) is 18.4. The van der Waals surface area contributed by atoms with E-state index in [0.717, 1.165) is 25.9 Å². The molecule has 1 saturated heterocycles. The summed E-state index contributed by atoms with van der Waals surface area (Å²) in [5.41, 5.74) is 0. The summed E-state index contributed by atoms with van der Waals surface area (Å²) in [4.78, 5) is 0. The van der Waals surface area contributed by atoms with Gasteiger partial charge in [-0.2, -0.15) is 0 Å². The Bertz CT molecular complexity index is 431. The van der Waals surface area contributed by atoms with Gasteiger partial charge >= 0.3 is 0 Å². The zero-order valence-corrected chi connectivity index (χ0v) is 22.4. The molecule has 11 nitrogen and oxygen atoms in total. The highest BCUT2D eigenvalue weighted by molar-refractivity contribution is 4.53. The van der Waals surface area contributed by atoms with Gasteiger partial charge in [0.15, 0.2) is 6.29 Å². The molecule has 0 N–H and O–H groups in total. The van der Waals surface area contributed by atoms with Crippen LogP contribution in [0, 0.1) is 0 Å². The first kappa shape index (κ1) is 34.5. The monoisotopic (exact) mass is 544 g/mol. The lowest BCUT2D eigenvalue weighted by Crippen LogP contribution is -2.24. The number of halogens is 1. The summed E-state index contributed by atoms with van der Waals surface area (Å²) in [5.74, 6) is 0. The molecule has 1 fully saturated rings. The molecule has 0 amide bonds. The zero-order valence-electron chi connectivity index (χ0n) is 22.4. The molecule has 0 aromatic carbocycles. The number of alkyl halides is 1. The van der Waals surface area contributed by atoms with Crippen molar-refractivity contribution in [2.45, 2.75) is 25.6 Å². The molecular weight excluding hydrogens is 495 g/mol. The summed E-state index contributed by atoms with van der Waals surface area (Å²) in [6.07, 6.45) is 3.19. The molecule has 1 rings (SSSR count). The van der Waals surface area contributed by atoms with Gasteiger partial charge in [0.05, 0.1) is 126 Å². The Balaban J connectivity index is 1.61. The van der Waals surface area contributed by atoms with E-state index < -0.39 is 6.67 Å². The first-order valence-corrected chi connectivity index (χ1v) is 13.4. The van der Waals surface area contributed by atoms with Crippen molar-refractivity contribution in [2.75, 3.05) is 139 Å². The second-order valence-corrected chi connectivity index (χ2v) is 7.87. The summed E-state index contributed by atoms with van der Waals surface area (Å²) >= 11 is 0. The van der Waals surface area contributed by atoms with Crippen LogP contribution in [0.15, 0.2) is 0 Å². The normalized spacial score (nSPS) is 16.0. The minimum Gasteiger partial charge on any atom is -0.377 e. The highest BCUT2D eigenvalue weighted by Gasteiger charge is 2.13. The molecule has 37 heavy (non-hydrogen) atoms. The molecule has 0 bridgehead atoms. The number of ether oxygens (including phenoxy) is 11. The smallest absolute Gasteiger partial charge is 0.157 e. The Kier molecular flexibility index (Phi) is 28.0. The summed E-state index contributed by atoms with van der Waals surface area (Å²) in [6.45, 7) is 9.48. The molecule has 0 spiro atoms. The second kappa shape index (κ2) is 30.0. The molecule has 0 aromatic rings. The highest BCUT2D eigenvalue weighted by atomic mass is 19.1. The SMILES string of the molecule is FCCOCCOCCOCCOCCOCCOCCOCCOCCOCCOC1CCCCO1. The van der Waals surface area contributed by atoms with E-state index in [9.17, 15) is 4.39 Å². The van der Waals surface area contributed by atoms with Crippen LogP contribution in [0.2, 0.25) is 0 Å². The molecule has 1 unspecified atom stereocenters. The minimum absolute atomic E-state index is 0.0652. The molecule has 0 saturated carbocycles. The summed E-state index contributed by atoms with van der Waals surface area (Å²) < 4.78 is 71.2. The molecule has 1 atom stereocenters. The van der Waals surface area contributed by atoms with Gasteiger partial charge in [0.1, 0.15) is 6.67 Å². The first-order valence-electron chi connectivity index (χ1n) is 13.4. The van der Waals surface area contributed by atoms with E-state index in [-0.39, 0.29) is 12.9 Å². The fourth-order valence-electron chi connectivity index (χ4n) is 3.00. The van der Waals surface area contributed by atoms with E-state index in [0.29, 0.717) is 119 Å². The van der Waals surface area contributed by atoms with Crippen LogP contribution in [0.1, 0.15) is 19.3 Å². The van der Waals surface area contributed by atoms with Gasteiger partial charge in [-0.15, -0.1) is 0 Å². The van der Waals surface area contributed by atoms with Crippen molar-refractivity contribution in [2.24, 2.45) is 0 Å². The van der Waals surface area contributed by atoms with Gasteiger partial charge in [0, 0.05) is 6.61 Å². The summed E-state index contributed by atoms with van der Waals surface area (Å²) in [7, 11) is 0. The van der Waals surface area contributed by atoms with Crippen molar-refractivity contribution in [3.05, 3.63) is 0 Å². The summed E-state index contributed by atoms with van der Waals surface area (Å²) in [6, 6.07) is 0. The third-order valence-corrected chi connectivity index (χ3v) is 4.87. The highest BCUT2D eigenvalue weighted by Crippen LogP contribution is 2.13. The third kappa shape index (κ3) is 26.9. The number of hydrogen-bond acceptors (Lipinski definition) is 11. The summed E-state index contributed by atoms with van der Waals surface area (Å²) in [5, 5.41) is 0. The Morgan fingerprint density at radius 3 is 1.05 bits per heavy atom. The minimum atomic E-state index is -0.471. The van der Waals surface area contributed by atoms with Crippen LogP contribution in [-0.2, 0) is 52.1 Å². The maximum atomic E-state index is 11.8. The average Bonchev–Trinajstić information content (AvgIpc) is 2.93. The molecule has 1 aliphatic rings. The zero-order chi connectivity index (χ0) is 26.3. The van der Waals surface area contributed by atoms with Crippen LogP contribution in [-0.4, -0.2) is 145 Å². The Morgan fingerprint density at radius 1 is 0.432 bits per heavy atom. The van der Waals surface area contributed by atoms with E-state index >= 15 is 0 Å². The molecule has 0 aromatic heterocycles. The number of hydrogen-bond donors (Lipinski definition) is 0. The van der Waals surface area contributed by atoms with Crippen molar-refractivity contribution < 1.29 is 56.5 Å².